The number of hydrogen-bond acceptors (Lipinski definition) is 15. The van der Waals surface area contributed by atoms with Crippen molar-refractivity contribution in [2.45, 2.75) is 451 Å². The number of aliphatic hydroxyl groups excluding tert-OH is 1. The molecule has 2 unspecified atom stereocenters. The smallest absolute Gasteiger partial charge is 0.462 e. The lowest BCUT2D eigenvalue weighted by molar-refractivity contribution is -0.161. The molecule has 0 radical (unpaired) electrons. The topological polar surface area (TPSA) is 237 Å². The number of carbonyl (C=O) groups excluding carboxylic acids is 4. The minimum absolute atomic E-state index is 0.104. The Labute approximate surface area is 613 Å². The van der Waals surface area contributed by atoms with Crippen LogP contribution in [0.5, 0.6) is 0 Å². The summed E-state index contributed by atoms with van der Waals surface area (Å²) < 4.78 is 68.6. The SMILES string of the molecule is CCCCCCCCCCCCCCCCCCCCCCCC(=O)O[C@H](COC(=O)CCCCCCCCCCCCCCCCCCCCC)COP(=O)(O)OC[C@@H](O)COP(=O)(O)OC[C@@H](COC(=O)CCCCCCCCCCCC)OC(=O)CCCCCCCCCC(C)C. The summed E-state index contributed by atoms with van der Waals surface area (Å²) in [7, 11) is -9.91. The van der Waals surface area contributed by atoms with Crippen molar-refractivity contribution in [1.29, 1.82) is 0 Å². The monoisotopic (exact) mass is 1470 g/mol. The molecule has 0 fully saturated rings. The van der Waals surface area contributed by atoms with E-state index in [1.807, 2.05) is 0 Å². The van der Waals surface area contributed by atoms with Gasteiger partial charge in [-0.05, 0) is 31.6 Å². The Kier molecular flexibility index (Phi) is 72.5. The highest BCUT2D eigenvalue weighted by Crippen LogP contribution is 2.45. The van der Waals surface area contributed by atoms with Crippen molar-refractivity contribution in [2.75, 3.05) is 39.6 Å². The second-order valence-corrected chi connectivity index (χ2v) is 32.5. The molecule has 594 valence electrons. The fourth-order valence-electron chi connectivity index (χ4n) is 12.6. The molecular weight excluding hydrogens is 1310 g/mol. The molecule has 100 heavy (non-hydrogen) atoms. The van der Waals surface area contributed by atoms with Gasteiger partial charge in [0.05, 0.1) is 26.4 Å². The number of aliphatic hydroxyl groups is 1. The molecule has 0 rings (SSSR count). The average molecular weight is 1470 g/mol. The van der Waals surface area contributed by atoms with Crippen LogP contribution in [-0.4, -0.2) is 96.7 Å². The van der Waals surface area contributed by atoms with Gasteiger partial charge in [0.1, 0.15) is 19.3 Å². The van der Waals surface area contributed by atoms with Gasteiger partial charge in [-0.3, -0.25) is 37.3 Å². The summed E-state index contributed by atoms with van der Waals surface area (Å²) in [5.41, 5.74) is 0. The lowest BCUT2D eigenvalue weighted by atomic mass is 10.0. The van der Waals surface area contributed by atoms with Crippen molar-refractivity contribution in [2.24, 2.45) is 5.92 Å². The largest absolute Gasteiger partial charge is 0.472 e. The van der Waals surface area contributed by atoms with Gasteiger partial charge in [0.2, 0.25) is 0 Å². The first-order valence-electron chi connectivity index (χ1n) is 42.1. The lowest BCUT2D eigenvalue weighted by Gasteiger charge is -2.21. The first-order valence-corrected chi connectivity index (χ1v) is 45.1. The second kappa shape index (κ2) is 73.9. The zero-order valence-electron chi connectivity index (χ0n) is 65.3. The van der Waals surface area contributed by atoms with Crippen molar-refractivity contribution in [3.05, 3.63) is 0 Å². The van der Waals surface area contributed by atoms with Crippen LogP contribution in [0.4, 0.5) is 0 Å². The average Bonchev–Trinajstić information content (AvgIpc) is 0.912. The summed E-state index contributed by atoms with van der Waals surface area (Å²) in [6.07, 6.45) is 65.5. The van der Waals surface area contributed by atoms with Gasteiger partial charge in [-0.1, -0.05) is 381 Å². The van der Waals surface area contributed by atoms with Crippen LogP contribution in [0.25, 0.3) is 0 Å². The van der Waals surface area contributed by atoms with E-state index < -0.39 is 97.5 Å². The van der Waals surface area contributed by atoms with Crippen molar-refractivity contribution in [3.8, 4) is 0 Å². The zero-order chi connectivity index (χ0) is 73.4. The van der Waals surface area contributed by atoms with Crippen LogP contribution in [0.15, 0.2) is 0 Å². The maximum atomic E-state index is 13.1. The third kappa shape index (κ3) is 74.3. The van der Waals surface area contributed by atoms with E-state index in [0.717, 1.165) is 89.9 Å². The number of carbonyl (C=O) groups is 4. The zero-order valence-corrected chi connectivity index (χ0v) is 67.1. The molecule has 0 bridgehead atoms. The minimum atomic E-state index is -4.96. The summed E-state index contributed by atoms with van der Waals surface area (Å²) >= 11 is 0. The molecule has 3 N–H and O–H groups in total. The highest BCUT2D eigenvalue weighted by Gasteiger charge is 2.30. The summed E-state index contributed by atoms with van der Waals surface area (Å²) in [6.45, 7) is 7.25. The van der Waals surface area contributed by atoms with E-state index in [9.17, 15) is 43.2 Å². The van der Waals surface area contributed by atoms with E-state index in [2.05, 4.69) is 34.6 Å². The second-order valence-electron chi connectivity index (χ2n) is 29.6. The quantitative estimate of drug-likeness (QED) is 0.0222. The van der Waals surface area contributed by atoms with Gasteiger partial charge >= 0.3 is 39.5 Å². The molecule has 0 aliphatic rings. The summed E-state index contributed by atoms with van der Waals surface area (Å²) in [5.74, 6) is -1.42. The standard InChI is InChI=1S/C81H158O17P2/c1-6-9-12-15-18-21-24-26-28-30-32-33-35-37-39-41-43-46-51-56-61-66-80(85)97-76(70-92-79(84)65-60-55-50-45-42-40-38-36-34-31-29-27-25-22-19-16-13-10-7-2)72-95-99(87,88)93-68-75(82)69-94-100(89,90)96-73-77(98-81(86)67-62-57-52-47-48-53-58-63-74(4)5)71-91-78(83)64-59-54-49-44-23-20-17-14-11-8-3/h74-77,82H,6-73H2,1-5H3,(H,87,88)(H,89,90)/t75-,76-,77-/m1/s1. The summed E-state index contributed by atoms with van der Waals surface area (Å²) in [6, 6.07) is 0. The van der Waals surface area contributed by atoms with Crippen LogP contribution >= 0.6 is 15.6 Å². The molecule has 0 spiro atoms. The fourth-order valence-corrected chi connectivity index (χ4v) is 14.2. The van der Waals surface area contributed by atoms with Gasteiger partial charge in [0.15, 0.2) is 12.2 Å². The molecule has 0 aromatic heterocycles. The van der Waals surface area contributed by atoms with Crippen LogP contribution in [-0.2, 0) is 65.4 Å². The van der Waals surface area contributed by atoms with E-state index in [1.165, 1.54) is 257 Å². The maximum absolute atomic E-state index is 13.1. The van der Waals surface area contributed by atoms with Gasteiger partial charge in [-0.15, -0.1) is 0 Å². The van der Waals surface area contributed by atoms with Gasteiger partial charge in [-0.25, -0.2) is 9.13 Å². The number of phosphoric ester groups is 2. The van der Waals surface area contributed by atoms with Crippen LogP contribution in [0, 0.1) is 5.92 Å². The molecule has 0 aliphatic heterocycles. The molecule has 5 atom stereocenters. The number of hydrogen-bond donors (Lipinski definition) is 3. The van der Waals surface area contributed by atoms with Crippen LogP contribution in [0.1, 0.15) is 433 Å². The molecule has 0 aromatic carbocycles. The van der Waals surface area contributed by atoms with E-state index in [-0.39, 0.29) is 25.7 Å². The van der Waals surface area contributed by atoms with E-state index in [1.54, 1.807) is 0 Å². The van der Waals surface area contributed by atoms with Crippen molar-refractivity contribution in [3.63, 3.8) is 0 Å². The van der Waals surface area contributed by atoms with Crippen molar-refractivity contribution < 1.29 is 80.2 Å². The molecule has 0 aliphatic carbocycles. The first-order chi connectivity index (χ1) is 48.5. The summed E-state index contributed by atoms with van der Waals surface area (Å²) in [4.78, 5) is 72.9. The van der Waals surface area contributed by atoms with Gasteiger partial charge in [-0.2, -0.15) is 0 Å². The van der Waals surface area contributed by atoms with Gasteiger partial charge in [0, 0.05) is 25.7 Å². The normalized spacial score (nSPS) is 13.8. The Morgan fingerprint density at radius 1 is 0.270 bits per heavy atom. The molecular formula is C81H158O17P2. The maximum Gasteiger partial charge on any atom is 0.472 e. The number of rotatable bonds is 81. The predicted octanol–water partition coefficient (Wildman–Crippen LogP) is 24.4. The van der Waals surface area contributed by atoms with Crippen LogP contribution in [0.3, 0.4) is 0 Å². The number of phosphoric acid groups is 2. The van der Waals surface area contributed by atoms with Crippen molar-refractivity contribution >= 4 is 39.5 Å². The summed E-state index contributed by atoms with van der Waals surface area (Å²) in [5, 5.41) is 10.6. The Balaban J connectivity index is 5.18. The number of ether oxygens (including phenoxy) is 4. The van der Waals surface area contributed by atoms with Crippen LogP contribution < -0.4 is 0 Å². The Morgan fingerprint density at radius 2 is 0.460 bits per heavy atom. The molecule has 19 heteroatoms. The Hall–Kier alpha value is -1.94. The fraction of sp³-hybridized carbons (Fsp3) is 0.951. The van der Waals surface area contributed by atoms with Gasteiger partial charge < -0.3 is 33.8 Å². The minimum Gasteiger partial charge on any atom is -0.462 e. The first kappa shape index (κ1) is 98.1. The molecule has 0 amide bonds. The Bertz CT molecular complexity index is 1910. The lowest BCUT2D eigenvalue weighted by Crippen LogP contribution is -2.30. The molecule has 0 saturated heterocycles. The highest BCUT2D eigenvalue weighted by atomic mass is 31.2. The number of unbranched alkanes of at least 4 members (excludes halogenated alkanes) is 53. The Morgan fingerprint density at radius 3 is 0.680 bits per heavy atom. The molecule has 0 heterocycles. The molecule has 0 saturated carbocycles. The molecule has 17 nitrogen and oxygen atoms in total. The van der Waals surface area contributed by atoms with Gasteiger partial charge in [0.25, 0.3) is 0 Å². The van der Waals surface area contributed by atoms with E-state index in [0.29, 0.717) is 31.6 Å². The van der Waals surface area contributed by atoms with Crippen molar-refractivity contribution in [1.82, 2.24) is 0 Å². The molecule has 0 aromatic rings. The van der Waals surface area contributed by atoms with E-state index >= 15 is 0 Å². The third-order valence-electron chi connectivity index (χ3n) is 19.0. The van der Waals surface area contributed by atoms with Crippen LogP contribution in [0.2, 0.25) is 0 Å². The van der Waals surface area contributed by atoms with E-state index in [4.69, 9.17) is 37.0 Å². The highest BCUT2D eigenvalue weighted by molar-refractivity contribution is 7.47. The predicted molar refractivity (Wildman–Crippen MR) is 409 cm³/mol. The third-order valence-corrected chi connectivity index (χ3v) is 20.9. The number of esters is 4.